The second-order valence-electron chi connectivity index (χ2n) is 9.24. The Kier molecular flexibility index (Phi) is 7.21. The lowest BCUT2D eigenvalue weighted by Gasteiger charge is -2.36. The Morgan fingerprint density at radius 2 is 1.83 bits per heavy atom. The lowest BCUT2D eigenvalue weighted by atomic mass is 10.0. The van der Waals surface area contributed by atoms with Gasteiger partial charge >= 0.3 is 0 Å². The van der Waals surface area contributed by atoms with Gasteiger partial charge in [-0.3, -0.25) is 4.79 Å². The van der Waals surface area contributed by atoms with Gasteiger partial charge in [0.15, 0.2) is 5.82 Å². The van der Waals surface area contributed by atoms with Gasteiger partial charge in [0, 0.05) is 41.3 Å². The number of nitrogens with zero attached hydrogens (tertiary/aromatic N) is 4. The zero-order chi connectivity index (χ0) is 25.2. The number of hydrogen-bond donors (Lipinski definition) is 1. The van der Waals surface area contributed by atoms with Crippen LogP contribution < -0.4 is 15.0 Å². The molecule has 188 valence electrons. The van der Waals surface area contributed by atoms with E-state index in [1.807, 2.05) is 35.2 Å². The van der Waals surface area contributed by atoms with Crippen molar-refractivity contribution in [2.75, 3.05) is 37.0 Å². The summed E-state index contributed by atoms with van der Waals surface area (Å²) >= 11 is 12.8. The highest BCUT2D eigenvalue weighted by molar-refractivity contribution is 6.33. The van der Waals surface area contributed by atoms with Crippen LogP contribution in [0.2, 0.25) is 10.0 Å². The van der Waals surface area contributed by atoms with E-state index < -0.39 is 0 Å². The molecule has 3 aromatic rings. The minimum Gasteiger partial charge on any atom is -0.495 e. The highest BCUT2D eigenvalue weighted by atomic mass is 35.5. The molecule has 1 fully saturated rings. The number of nitrogens with one attached hydrogen (secondary N) is 1. The molecule has 1 N–H and O–H groups in total. The number of anilines is 3. The van der Waals surface area contributed by atoms with E-state index in [1.165, 1.54) is 0 Å². The summed E-state index contributed by atoms with van der Waals surface area (Å²) in [6.07, 6.45) is 3.96. The fourth-order valence-corrected chi connectivity index (χ4v) is 5.46. The highest BCUT2D eigenvalue weighted by Crippen LogP contribution is 2.38. The third kappa shape index (κ3) is 4.95. The van der Waals surface area contributed by atoms with Crippen LogP contribution in [0.1, 0.15) is 53.8 Å². The van der Waals surface area contributed by atoms with Crippen molar-refractivity contribution in [1.82, 2.24) is 15.1 Å². The SMILES string of the molecule is COc1cc(C(=O)N2CCCC2)ccc1Nc1cc2c(nn1)CCCN2[C@H](C)c1cc(Cl)ccc1Cl. The van der Waals surface area contributed by atoms with E-state index >= 15 is 0 Å². The lowest BCUT2D eigenvalue weighted by Crippen LogP contribution is -2.33. The van der Waals surface area contributed by atoms with Crippen molar-refractivity contribution in [3.8, 4) is 5.75 Å². The third-order valence-corrected chi connectivity index (χ3v) is 7.53. The molecule has 0 unspecified atom stereocenters. The van der Waals surface area contributed by atoms with Crippen LogP contribution in [0.4, 0.5) is 17.2 Å². The van der Waals surface area contributed by atoms with E-state index in [1.54, 1.807) is 19.2 Å². The van der Waals surface area contributed by atoms with Crippen molar-refractivity contribution in [2.24, 2.45) is 0 Å². The summed E-state index contributed by atoms with van der Waals surface area (Å²) in [5, 5.41) is 13.6. The van der Waals surface area contributed by atoms with Gasteiger partial charge in [0.25, 0.3) is 5.91 Å². The van der Waals surface area contributed by atoms with Crippen LogP contribution in [0.5, 0.6) is 5.75 Å². The molecule has 1 aromatic heterocycles. The Labute approximate surface area is 221 Å². The Bertz CT molecular complexity index is 1280. The van der Waals surface area contributed by atoms with Gasteiger partial charge in [-0.1, -0.05) is 23.2 Å². The zero-order valence-corrected chi connectivity index (χ0v) is 21.9. The molecule has 36 heavy (non-hydrogen) atoms. The first kappa shape index (κ1) is 24.7. The number of carbonyl (C=O) groups excluding carboxylic acids is 1. The fraction of sp³-hybridized carbons (Fsp3) is 0.370. The molecular weight excluding hydrogens is 497 g/mol. The van der Waals surface area contributed by atoms with Gasteiger partial charge in [-0.15, -0.1) is 5.10 Å². The van der Waals surface area contributed by atoms with Crippen LogP contribution in [0, 0.1) is 0 Å². The summed E-state index contributed by atoms with van der Waals surface area (Å²) in [5.74, 6) is 1.22. The quantitative estimate of drug-likeness (QED) is 0.408. The van der Waals surface area contributed by atoms with Gasteiger partial charge < -0.3 is 19.9 Å². The fourth-order valence-electron chi connectivity index (χ4n) is 5.01. The number of methoxy groups -OCH3 is 1. The molecule has 0 aliphatic carbocycles. The molecule has 1 amide bonds. The Hall–Kier alpha value is -3.03. The largest absolute Gasteiger partial charge is 0.495 e. The van der Waals surface area contributed by atoms with Crippen molar-refractivity contribution >= 4 is 46.3 Å². The molecular formula is C27H29Cl2N5O2. The van der Waals surface area contributed by atoms with Gasteiger partial charge in [0.2, 0.25) is 0 Å². The maximum absolute atomic E-state index is 12.8. The number of rotatable bonds is 6. The maximum Gasteiger partial charge on any atom is 0.253 e. The van der Waals surface area contributed by atoms with Crippen LogP contribution >= 0.6 is 23.2 Å². The number of benzene rings is 2. The molecule has 3 heterocycles. The van der Waals surface area contributed by atoms with Crippen LogP contribution in [0.25, 0.3) is 0 Å². The van der Waals surface area contributed by atoms with Gasteiger partial charge in [0.05, 0.1) is 30.2 Å². The van der Waals surface area contributed by atoms with Crippen molar-refractivity contribution in [3.63, 3.8) is 0 Å². The topological polar surface area (TPSA) is 70.6 Å². The van der Waals surface area contributed by atoms with Crippen molar-refractivity contribution in [1.29, 1.82) is 0 Å². The summed E-state index contributed by atoms with van der Waals surface area (Å²) in [6.45, 7) is 4.61. The molecule has 2 aliphatic rings. The van der Waals surface area contributed by atoms with E-state index in [0.29, 0.717) is 27.2 Å². The number of halogens is 2. The minimum atomic E-state index is 0.0118. The van der Waals surface area contributed by atoms with Gasteiger partial charge in [-0.2, -0.15) is 5.10 Å². The first-order valence-corrected chi connectivity index (χ1v) is 13.0. The molecule has 2 aliphatic heterocycles. The van der Waals surface area contributed by atoms with Crippen LogP contribution in [0.3, 0.4) is 0 Å². The standard InChI is InChI=1S/C27H29Cl2N5O2/c1-17(20-15-19(28)8-9-21(20)29)34-13-5-6-22-24(34)16-26(32-31-22)30-23-10-7-18(14-25(23)36-2)27(35)33-11-3-4-12-33/h7-10,14-17H,3-6,11-13H2,1-2H3,(H,30,32)/t17-/m1/s1. The highest BCUT2D eigenvalue weighted by Gasteiger charge is 2.26. The summed E-state index contributed by atoms with van der Waals surface area (Å²) in [5.41, 5.74) is 4.29. The molecule has 2 aromatic carbocycles. The van der Waals surface area contributed by atoms with Crippen molar-refractivity contribution < 1.29 is 9.53 Å². The second-order valence-corrected chi connectivity index (χ2v) is 10.1. The number of aryl methyl sites for hydroxylation is 1. The van der Waals surface area contributed by atoms with Crippen LogP contribution in [-0.4, -0.2) is 47.7 Å². The van der Waals surface area contributed by atoms with Crippen LogP contribution in [-0.2, 0) is 6.42 Å². The molecule has 5 rings (SSSR count). The zero-order valence-electron chi connectivity index (χ0n) is 20.4. The lowest BCUT2D eigenvalue weighted by molar-refractivity contribution is 0.0792. The molecule has 1 atom stereocenters. The Morgan fingerprint density at radius 1 is 1.03 bits per heavy atom. The number of hydrogen-bond acceptors (Lipinski definition) is 6. The van der Waals surface area contributed by atoms with E-state index in [4.69, 9.17) is 27.9 Å². The summed E-state index contributed by atoms with van der Waals surface area (Å²) in [4.78, 5) is 17.0. The molecule has 0 spiro atoms. The Balaban J connectivity index is 1.41. The number of ether oxygens (including phenoxy) is 1. The molecule has 0 bridgehead atoms. The van der Waals surface area contributed by atoms with Gasteiger partial charge in [-0.05, 0) is 74.6 Å². The molecule has 0 saturated carbocycles. The summed E-state index contributed by atoms with van der Waals surface area (Å²) < 4.78 is 5.61. The second kappa shape index (κ2) is 10.5. The summed E-state index contributed by atoms with van der Waals surface area (Å²) in [7, 11) is 1.60. The molecule has 0 radical (unpaired) electrons. The number of likely N-dealkylation sites (tertiary alicyclic amines) is 1. The maximum atomic E-state index is 12.8. The van der Waals surface area contributed by atoms with E-state index in [9.17, 15) is 4.79 Å². The smallest absolute Gasteiger partial charge is 0.253 e. The Morgan fingerprint density at radius 3 is 2.61 bits per heavy atom. The predicted molar refractivity (Wildman–Crippen MR) is 144 cm³/mol. The predicted octanol–water partition coefficient (Wildman–Crippen LogP) is 6.29. The van der Waals surface area contributed by atoms with E-state index in [2.05, 4.69) is 27.3 Å². The van der Waals surface area contributed by atoms with Crippen LogP contribution in [0.15, 0.2) is 42.5 Å². The first-order valence-electron chi connectivity index (χ1n) is 12.3. The molecule has 1 saturated heterocycles. The monoisotopic (exact) mass is 525 g/mol. The average molecular weight is 526 g/mol. The van der Waals surface area contributed by atoms with Gasteiger partial charge in [0.1, 0.15) is 5.75 Å². The number of carbonyl (C=O) groups is 1. The van der Waals surface area contributed by atoms with E-state index in [-0.39, 0.29) is 11.9 Å². The number of fused-ring (bicyclic) bond motifs is 1. The number of aromatic nitrogens is 2. The average Bonchev–Trinajstić information content (AvgIpc) is 3.44. The van der Waals surface area contributed by atoms with E-state index in [0.717, 1.165) is 67.9 Å². The normalized spacial score (nSPS) is 16.0. The summed E-state index contributed by atoms with van der Waals surface area (Å²) in [6, 6.07) is 13.0. The molecule has 9 heteroatoms. The van der Waals surface area contributed by atoms with Gasteiger partial charge in [-0.25, -0.2) is 0 Å². The minimum absolute atomic E-state index is 0.0118. The third-order valence-electron chi connectivity index (χ3n) is 6.95. The molecule has 7 nitrogen and oxygen atoms in total. The first-order chi connectivity index (χ1) is 17.4. The van der Waals surface area contributed by atoms with Crippen molar-refractivity contribution in [3.05, 3.63) is 69.3 Å². The van der Waals surface area contributed by atoms with Crippen molar-refractivity contribution in [2.45, 2.75) is 38.6 Å². The number of amides is 1.